The standard InChI is InChI=1S/C13H17BrN2O3/c1-7(2)11(6-12(17)18)16-13(19)8-3-9(14)5-10(15)4-8/h3-5,7,11H,6,15H2,1-2H3,(H,16,19)(H,17,18). The smallest absolute Gasteiger partial charge is 0.305 e. The number of nitrogens with two attached hydrogens (primary N) is 1. The van der Waals surface area contributed by atoms with E-state index < -0.39 is 12.0 Å². The zero-order chi connectivity index (χ0) is 14.6. The largest absolute Gasteiger partial charge is 0.481 e. The maximum atomic E-state index is 12.1. The van der Waals surface area contributed by atoms with E-state index in [4.69, 9.17) is 10.8 Å². The van der Waals surface area contributed by atoms with Crippen LogP contribution >= 0.6 is 15.9 Å². The second-order valence-corrected chi connectivity index (χ2v) is 5.61. The fourth-order valence-electron chi connectivity index (χ4n) is 1.64. The quantitative estimate of drug-likeness (QED) is 0.723. The van der Waals surface area contributed by atoms with E-state index in [1.165, 1.54) is 0 Å². The Morgan fingerprint density at radius 3 is 2.47 bits per heavy atom. The van der Waals surface area contributed by atoms with Crippen molar-refractivity contribution in [3.63, 3.8) is 0 Å². The van der Waals surface area contributed by atoms with Gasteiger partial charge in [0.05, 0.1) is 6.42 Å². The molecule has 6 heteroatoms. The minimum absolute atomic E-state index is 0.0320. The number of benzene rings is 1. The molecule has 1 aromatic carbocycles. The number of nitrogen functional groups attached to an aromatic ring is 1. The topological polar surface area (TPSA) is 92.4 Å². The van der Waals surface area contributed by atoms with E-state index in [2.05, 4.69) is 21.2 Å². The number of hydrogen-bond donors (Lipinski definition) is 3. The number of hydrogen-bond acceptors (Lipinski definition) is 3. The number of halogens is 1. The third-order valence-electron chi connectivity index (χ3n) is 2.70. The first-order valence-corrected chi connectivity index (χ1v) is 6.67. The van der Waals surface area contributed by atoms with Gasteiger partial charge in [-0.1, -0.05) is 29.8 Å². The molecule has 1 atom stereocenters. The van der Waals surface area contributed by atoms with Gasteiger partial charge >= 0.3 is 5.97 Å². The van der Waals surface area contributed by atoms with Gasteiger partial charge < -0.3 is 16.2 Å². The highest BCUT2D eigenvalue weighted by Gasteiger charge is 2.20. The van der Waals surface area contributed by atoms with Crippen LogP contribution in [0.2, 0.25) is 0 Å². The lowest BCUT2D eigenvalue weighted by atomic mass is 10.0. The van der Waals surface area contributed by atoms with E-state index in [1.54, 1.807) is 18.2 Å². The van der Waals surface area contributed by atoms with Crippen LogP contribution in [-0.4, -0.2) is 23.0 Å². The molecule has 0 saturated heterocycles. The van der Waals surface area contributed by atoms with Crippen molar-refractivity contribution in [3.8, 4) is 0 Å². The number of carbonyl (C=O) groups excluding carboxylic acids is 1. The van der Waals surface area contributed by atoms with Gasteiger partial charge in [-0.2, -0.15) is 0 Å². The summed E-state index contributed by atoms with van der Waals surface area (Å²) >= 11 is 3.26. The first-order valence-electron chi connectivity index (χ1n) is 5.88. The Kier molecular flexibility index (Phi) is 5.35. The average molecular weight is 329 g/mol. The molecule has 1 aromatic rings. The Balaban J connectivity index is 2.84. The van der Waals surface area contributed by atoms with Gasteiger partial charge in [0.2, 0.25) is 0 Å². The van der Waals surface area contributed by atoms with Crippen LogP contribution in [0.3, 0.4) is 0 Å². The highest BCUT2D eigenvalue weighted by atomic mass is 79.9. The summed E-state index contributed by atoms with van der Waals surface area (Å²) < 4.78 is 0.706. The Hall–Kier alpha value is -1.56. The molecule has 1 rings (SSSR count). The molecule has 0 saturated carbocycles. The summed E-state index contributed by atoms with van der Waals surface area (Å²) in [4.78, 5) is 22.8. The van der Waals surface area contributed by atoms with Crippen LogP contribution in [0.25, 0.3) is 0 Å². The van der Waals surface area contributed by atoms with Crippen molar-refractivity contribution in [2.75, 3.05) is 5.73 Å². The van der Waals surface area contributed by atoms with E-state index in [0.29, 0.717) is 15.7 Å². The summed E-state index contributed by atoms with van der Waals surface area (Å²) in [5.74, 6) is -1.23. The molecular weight excluding hydrogens is 312 g/mol. The fourth-order valence-corrected chi connectivity index (χ4v) is 2.15. The zero-order valence-corrected chi connectivity index (χ0v) is 12.4. The number of carboxylic acid groups (broad SMARTS) is 1. The van der Waals surface area contributed by atoms with Crippen LogP contribution in [0.4, 0.5) is 5.69 Å². The number of anilines is 1. The predicted molar refractivity (Wildman–Crippen MR) is 76.9 cm³/mol. The summed E-state index contributed by atoms with van der Waals surface area (Å²) in [5, 5.41) is 11.5. The van der Waals surface area contributed by atoms with Gasteiger partial charge in [0.15, 0.2) is 0 Å². The molecule has 0 radical (unpaired) electrons. The summed E-state index contributed by atoms with van der Waals surface area (Å²) in [7, 11) is 0. The van der Waals surface area contributed by atoms with Gasteiger partial charge in [0.25, 0.3) is 5.91 Å². The van der Waals surface area contributed by atoms with E-state index in [-0.39, 0.29) is 18.2 Å². The minimum atomic E-state index is -0.937. The van der Waals surface area contributed by atoms with Gasteiger partial charge in [-0.05, 0) is 24.1 Å². The Morgan fingerprint density at radius 1 is 1.37 bits per heavy atom. The maximum absolute atomic E-state index is 12.1. The molecule has 104 valence electrons. The van der Waals surface area contributed by atoms with Crippen LogP contribution in [0.5, 0.6) is 0 Å². The van der Waals surface area contributed by atoms with E-state index in [0.717, 1.165) is 0 Å². The highest BCUT2D eigenvalue weighted by molar-refractivity contribution is 9.10. The molecule has 0 spiro atoms. The first-order chi connectivity index (χ1) is 8.79. The number of carboxylic acids is 1. The van der Waals surface area contributed by atoms with Crippen LogP contribution < -0.4 is 11.1 Å². The van der Waals surface area contributed by atoms with E-state index in [9.17, 15) is 9.59 Å². The monoisotopic (exact) mass is 328 g/mol. The predicted octanol–water partition coefficient (Wildman–Crippen LogP) is 2.26. The zero-order valence-electron chi connectivity index (χ0n) is 10.8. The van der Waals surface area contributed by atoms with Crippen LogP contribution in [0, 0.1) is 5.92 Å². The van der Waals surface area contributed by atoms with Gasteiger partial charge in [-0.3, -0.25) is 9.59 Å². The van der Waals surface area contributed by atoms with Crippen molar-refractivity contribution >= 4 is 33.5 Å². The molecule has 0 aromatic heterocycles. The molecule has 19 heavy (non-hydrogen) atoms. The Bertz CT molecular complexity index is 469. The SMILES string of the molecule is CC(C)C(CC(=O)O)NC(=O)c1cc(N)cc(Br)c1. The number of amides is 1. The van der Waals surface area contributed by atoms with Crippen LogP contribution in [-0.2, 0) is 4.79 Å². The summed E-state index contributed by atoms with van der Waals surface area (Å²) in [6.45, 7) is 3.73. The number of rotatable bonds is 5. The molecule has 0 bridgehead atoms. The van der Waals surface area contributed by atoms with Gasteiger partial charge in [0.1, 0.15) is 0 Å². The van der Waals surface area contributed by atoms with Crippen LogP contribution in [0.15, 0.2) is 22.7 Å². The minimum Gasteiger partial charge on any atom is -0.481 e. The molecule has 0 aliphatic carbocycles. The van der Waals surface area contributed by atoms with Crippen LogP contribution in [0.1, 0.15) is 30.6 Å². The lowest BCUT2D eigenvalue weighted by Crippen LogP contribution is -2.40. The number of nitrogens with one attached hydrogen (secondary N) is 1. The fraction of sp³-hybridized carbons (Fsp3) is 0.385. The van der Waals surface area contributed by atoms with Crippen molar-refractivity contribution < 1.29 is 14.7 Å². The lowest BCUT2D eigenvalue weighted by molar-refractivity contribution is -0.137. The Labute approximate surface area is 120 Å². The maximum Gasteiger partial charge on any atom is 0.305 e. The second kappa shape index (κ2) is 6.56. The highest BCUT2D eigenvalue weighted by Crippen LogP contribution is 2.18. The van der Waals surface area contributed by atoms with Crippen molar-refractivity contribution in [2.45, 2.75) is 26.3 Å². The summed E-state index contributed by atoms with van der Waals surface area (Å²) in [5.41, 5.74) is 6.54. The van der Waals surface area contributed by atoms with E-state index >= 15 is 0 Å². The van der Waals surface area contributed by atoms with Gasteiger partial charge in [-0.25, -0.2) is 0 Å². The molecular formula is C13H17BrN2O3. The molecule has 0 heterocycles. The van der Waals surface area contributed by atoms with Crippen molar-refractivity contribution in [1.29, 1.82) is 0 Å². The summed E-state index contributed by atoms with van der Waals surface area (Å²) in [6, 6.07) is 4.47. The average Bonchev–Trinajstić information content (AvgIpc) is 2.25. The van der Waals surface area contributed by atoms with Gasteiger partial charge in [0, 0.05) is 21.8 Å². The third-order valence-corrected chi connectivity index (χ3v) is 3.16. The second-order valence-electron chi connectivity index (χ2n) is 4.70. The molecule has 4 N–H and O–H groups in total. The van der Waals surface area contributed by atoms with Crippen molar-refractivity contribution in [1.82, 2.24) is 5.32 Å². The molecule has 0 fully saturated rings. The van der Waals surface area contributed by atoms with Crippen molar-refractivity contribution in [3.05, 3.63) is 28.2 Å². The van der Waals surface area contributed by atoms with Gasteiger partial charge in [-0.15, -0.1) is 0 Å². The van der Waals surface area contributed by atoms with E-state index in [1.807, 2.05) is 13.8 Å². The molecule has 0 aliphatic rings. The molecule has 0 aliphatic heterocycles. The summed E-state index contributed by atoms with van der Waals surface area (Å²) in [6.07, 6.45) is -0.104. The number of aliphatic carboxylic acids is 1. The normalized spacial score (nSPS) is 12.2. The first kappa shape index (κ1) is 15.5. The Morgan fingerprint density at radius 2 is 2.00 bits per heavy atom. The van der Waals surface area contributed by atoms with Crippen molar-refractivity contribution in [2.24, 2.45) is 5.92 Å². The molecule has 1 amide bonds. The third kappa shape index (κ3) is 4.90. The molecule has 1 unspecified atom stereocenters. The lowest BCUT2D eigenvalue weighted by Gasteiger charge is -2.20. The molecule has 5 nitrogen and oxygen atoms in total. The number of carbonyl (C=O) groups is 2.